The number of hydrogen-bond donors (Lipinski definition) is 2. The number of hydrazone groups is 1. The molecule has 0 aliphatic heterocycles. The van der Waals surface area contributed by atoms with Gasteiger partial charge in [-0.15, -0.1) is 0 Å². The highest BCUT2D eigenvalue weighted by atomic mass is 16.5. The maximum Gasteiger partial charge on any atom is 0.271 e. The second kappa shape index (κ2) is 6.33. The molecular weight excluding hydrogens is 258 g/mol. The number of carbonyl (C=O) groups is 1. The molecule has 1 heterocycles. The summed E-state index contributed by atoms with van der Waals surface area (Å²) in [5.74, 6) is 0.121. The molecule has 0 spiro atoms. The van der Waals surface area contributed by atoms with Crippen LogP contribution in [0.4, 0.5) is 0 Å². The third kappa shape index (κ3) is 3.11. The topological polar surface area (TPSA) is 83.8 Å². The summed E-state index contributed by atoms with van der Waals surface area (Å²) in [5.41, 5.74) is 3.20. The predicted molar refractivity (Wildman–Crippen MR) is 74.0 cm³/mol. The minimum atomic E-state index is -0.363. The average Bonchev–Trinajstić information content (AvgIpc) is 2.49. The Labute approximate surface area is 115 Å². The van der Waals surface area contributed by atoms with Crippen molar-refractivity contribution in [1.82, 2.24) is 10.4 Å². The van der Waals surface area contributed by atoms with E-state index in [0.29, 0.717) is 16.9 Å². The van der Waals surface area contributed by atoms with Crippen LogP contribution >= 0.6 is 0 Å². The number of carbonyl (C=O) groups excluding carboxylic acids is 1. The number of phenolic OH excluding ortho intramolecular Hbond substituents is 1. The van der Waals surface area contributed by atoms with E-state index in [1.165, 1.54) is 31.8 Å². The third-order valence-corrected chi connectivity index (χ3v) is 2.57. The second-order valence-electron chi connectivity index (χ2n) is 3.83. The Bertz CT molecular complexity index is 627. The van der Waals surface area contributed by atoms with Crippen molar-refractivity contribution in [2.45, 2.75) is 0 Å². The van der Waals surface area contributed by atoms with E-state index in [1.54, 1.807) is 24.3 Å². The van der Waals surface area contributed by atoms with Gasteiger partial charge in [-0.05, 0) is 24.3 Å². The number of aromatic hydroxyl groups is 1. The van der Waals surface area contributed by atoms with Crippen LogP contribution < -0.4 is 10.2 Å². The lowest BCUT2D eigenvalue weighted by atomic mass is 10.2. The Morgan fingerprint density at radius 3 is 2.80 bits per heavy atom. The highest BCUT2D eigenvalue weighted by molar-refractivity contribution is 5.95. The van der Waals surface area contributed by atoms with Gasteiger partial charge in [-0.25, -0.2) is 5.43 Å². The van der Waals surface area contributed by atoms with Crippen LogP contribution in [0.3, 0.4) is 0 Å². The fraction of sp³-hybridized carbons (Fsp3) is 0.0714. The van der Waals surface area contributed by atoms with E-state index in [9.17, 15) is 9.90 Å². The van der Waals surface area contributed by atoms with Crippen LogP contribution in [0.1, 0.15) is 15.9 Å². The molecule has 0 radical (unpaired) electrons. The van der Waals surface area contributed by atoms with Crippen LogP contribution in [0, 0.1) is 0 Å². The van der Waals surface area contributed by atoms with Crippen molar-refractivity contribution < 1.29 is 14.6 Å². The molecule has 0 saturated heterocycles. The fourth-order valence-corrected chi connectivity index (χ4v) is 1.56. The van der Waals surface area contributed by atoms with Crippen molar-refractivity contribution in [2.75, 3.05) is 7.11 Å². The van der Waals surface area contributed by atoms with Crippen molar-refractivity contribution in [3.8, 4) is 11.5 Å². The number of pyridine rings is 1. The smallest absolute Gasteiger partial charge is 0.271 e. The number of amides is 1. The molecule has 0 aliphatic carbocycles. The third-order valence-electron chi connectivity index (χ3n) is 2.57. The van der Waals surface area contributed by atoms with Crippen LogP contribution in [0.15, 0.2) is 47.8 Å². The summed E-state index contributed by atoms with van der Waals surface area (Å²) < 4.78 is 5.10. The highest BCUT2D eigenvalue weighted by Crippen LogP contribution is 2.24. The van der Waals surface area contributed by atoms with Gasteiger partial charge in [0, 0.05) is 18.0 Å². The van der Waals surface area contributed by atoms with Crippen LogP contribution in [0.5, 0.6) is 11.5 Å². The van der Waals surface area contributed by atoms with Crippen molar-refractivity contribution in [3.05, 3.63) is 53.9 Å². The molecule has 6 nitrogen and oxygen atoms in total. The summed E-state index contributed by atoms with van der Waals surface area (Å²) in [6, 6.07) is 8.00. The molecule has 0 bridgehead atoms. The maximum absolute atomic E-state index is 11.7. The molecule has 2 rings (SSSR count). The fourth-order valence-electron chi connectivity index (χ4n) is 1.56. The number of phenols is 1. The summed E-state index contributed by atoms with van der Waals surface area (Å²) in [6.45, 7) is 0. The lowest BCUT2D eigenvalue weighted by Gasteiger charge is -2.05. The zero-order chi connectivity index (χ0) is 14.4. The first kappa shape index (κ1) is 13.5. The van der Waals surface area contributed by atoms with Gasteiger partial charge in [0.25, 0.3) is 5.91 Å². The first-order chi connectivity index (χ1) is 9.72. The first-order valence-corrected chi connectivity index (χ1v) is 5.82. The van der Waals surface area contributed by atoms with Crippen LogP contribution in [-0.4, -0.2) is 29.3 Å². The van der Waals surface area contributed by atoms with Crippen LogP contribution in [0.25, 0.3) is 0 Å². The van der Waals surface area contributed by atoms with Gasteiger partial charge in [0.15, 0.2) is 0 Å². The zero-order valence-corrected chi connectivity index (χ0v) is 10.8. The summed E-state index contributed by atoms with van der Waals surface area (Å²) in [5, 5.41) is 13.5. The van der Waals surface area contributed by atoms with Gasteiger partial charge in [-0.1, -0.05) is 6.07 Å². The highest BCUT2D eigenvalue weighted by Gasteiger charge is 2.06. The first-order valence-electron chi connectivity index (χ1n) is 5.82. The van der Waals surface area contributed by atoms with Crippen LogP contribution in [-0.2, 0) is 0 Å². The second-order valence-corrected chi connectivity index (χ2v) is 3.83. The Balaban J connectivity index is 2.10. The lowest BCUT2D eigenvalue weighted by molar-refractivity contribution is 0.0955. The van der Waals surface area contributed by atoms with E-state index in [0.717, 1.165) is 0 Å². The molecule has 0 unspecified atom stereocenters. The molecule has 0 aliphatic rings. The molecule has 1 aromatic heterocycles. The Kier molecular flexibility index (Phi) is 4.28. The summed E-state index contributed by atoms with van der Waals surface area (Å²) >= 11 is 0. The number of aromatic nitrogens is 1. The number of ether oxygens (including phenoxy) is 1. The molecule has 0 saturated carbocycles. The molecule has 0 atom stereocenters. The molecule has 1 amide bonds. The van der Waals surface area contributed by atoms with E-state index < -0.39 is 0 Å². The van der Waals surface area contributed by atoms with Crippen molar-refractivity contribution in [3.63, 3.8) is 0 Å². The number of nitrogens with one attached hydrogen (secondary N) is 1. The molecule has 1 aromatic carbocycles. The minimum absolute atomic E-state index is 0.0197. The quantitative estimate of drug-likeness (QED) is 0.653. The predicted octanol–water partition coefficient (Wildman–Crippen LogP) is 1.56. The normalized spacial score (nSPS) is 10.4. The van der Waals surface area contributed by atoms with Gasteiger partial charge < -0.3 is 9.84 Å². The zero-order valence-electron chi connectivity index (χ0n) is 10.8. The van der Waals surface area contributed by atoms with Gasteiger partial charge in [-0.3, -0.25) is 9.78 Å². The molecular formula is C14H13N3O3. The SMILES string of the molecule is COc1cccc(O)c1C=NNC(=O)c1ccncc1. The van der Waals surface area contributed by atoms with Crippen molar-refractivity contribution in [2.24, 2.45) is 5.10 Å². The standard InChI is InChI=1S/C14H13N3O3/c1-20-13-4-2-3-12(18)11(13)9-16-17-14(19)10-5-7-15-8-6-10/h2-9,18H,1H3,(H,17,19). The van der Waals surface area contributed by atoms with E-state index >= 15 is 0 Å². The number of methoxy groups -OCH3 is 1. The molecule has 6 heteroatoms. The van der Waals surface area contributed by atoms with Crippen molar-refractivity contribution in [1.29, 1.82) is 0 Å². The van der Waals surface area contributed by atoms with Gasteiger partial charge >= 0.3 is 0 Å². The molecule has 0 fully saturated rings. The number of nitrogens with zero attached hydrogens (tertiary/aromatic N) is 2. The van der Waals surface area contributed by atoms with E-state index in [1.807, 2.05) is 0 Å². The number of benzene rings is 1. The largest absolute Gasteiger partial charge is 0.507 e. The van der Waals surface area contributed by atoms with E-state index in [2.05, 4.69) is 15.5 Å². The van der Waals surface area contributed by atoms with E-state index in [-0.39, 0.29) is 11.7 Å². The molecule has 2 aromatic rings. The number of rotatable bonds is 4. The Morgan fingerprint density at radius 1 is 1.35 bits per heavy atom. The molecule has 20 heavy (non-hydrogen) atoms. The molecule has 2 N–H and O–H groups in total. The van der Waals surface area contributed by atoms with Gasteiger partial charge in [0.05, 0.1) is 18.9 Å². The summed E-state index contributed by atoms with van der Waals surface area (Å²) in [6.07, 6.45) is 4.36. The van der Waals surface area contributed by atoms with Gasteiger partial charge in [0.2, 0.25) is 0 Å². The summed E-state index contributed by atoms with van der Waals surface area (Å²) in [7, 11) is 1.49. The Morgan fingerprint density at radius 2 is 2.10 bits per heavy atom. The Hall–Kier alpha value is -2.89. The lowest BCUT2D eigenvalue weighted by Crippen LogP contribution is -2.17. The van der Waals surface area contributed by atoms with E-state index in [4.69, 9.17) is 4.74 Å². The van der Waals surface area contributed by atoms with Gasteiger partial charge in [0.1, 0.15) is 11.5 Å². The van der Waals surface area contributed by atoms with Crippen LogP contribution in [0.2, 0.25) is 0 Å². The monoisotopic (exact) mass is 271 g/mol. The van der Waals surface area contributed by atoms with Gasteiger partial charge in [-0.2, -0.15) is 5.10 Å². The average molecular weight is 271 g/mol. The minimum Gasteiger partial charge on any atom is -0.507 e. The number of hydrogen-bond acceptors (Lipinski definition) is 5. The molecule has 102 valence electrons. The van der Waals surface area contributed by atoms with Crippen molar-refractivity contribution >= 4 is 12.1 Å². The maximum atomic E-state index is 11.7. The summed E-state index contributed by atoms with van der Waals surface area (Å²) in [4.78, 5) is 15.5.